The standard InChI is InChI=1S/C15H22N2/c1-11-7-8-13(10-14(11)16)17-9-3-5-12-4-2-6-15(12)17/h7-8,10,12,15H,2-6,9,16H2,1H3. The third-order valence-electron chi connectivity index (χ3n) is 4.59. The van der Waals surface area contributed by atoms with E-state index in [4.69, 9.17) is 5.73 Å². The maximum Gasteiger partial charge on any atom is 0.0389 e. The molecule has 1 heterocycles. The van der Waals surface area contributed by atoms with Crippen molar-refractivity contribution in [3.8, 4) is 0 Å². The van der Waals surface area contributed by atoms with Crippen LogP contribution in [0.2, 0.25) is 0 Å². The topological polar surface area (TPSA) is 29.3 Å². The fourth-order valence-electron chi connectivity index (χ4n) is 3.58. The molecule has 0 spiro atoms. The SMILES string of the molecule is Cc1ccc(N2CCCC3CCCC32)cc1N. The molecule has 2 nitrogen and oxygen atoms in total. The zero-order valence-corrected chi connectivity index (χ0v) is 10.7. The van der Waals surface area contributed by atoms with Gasteiger partial charge in [-0.05, 0) is 56.2 Å². The van der Waals surface area contributed by atoms with E-state index >= 15 is 0 Å². The summed E-state index contributed by atoms with van der Waals surface area (Å²) in [4.78, 5) is 2.61. The number of piperidine rings is 1. The zero-order valence-electron chi connectivity index (χ0n) is 10.7. The molecule has 0 radical (unpaired) electrons. The Morgan fingerprint density at radius 1 is 1.18 bits per heavy atom. The monoisotopic (exact) mass is 230 g/mol. The van der Waals surface area contributed by atoms with Gasteiger partial charge >= 0.3 is 0 Å². The lowest BCUT2D eigenvalue weighted by Gasteiger charge is -2.39. The van der Waals surface area contributed by atoms with Crippen molar-refractivity contribution in [1.82, 2.24) is 0 Å². The van der Waals surface area contributed by atoms with Gasteiger partial charge in [0.1, 0.15) is 0 Å². The average Bonchev–Trinajstić information content (AvgIpc) is 2.80. The Labute approximate surface area is 104 Å². The Hall–Kier alpha value is -1.18. The van der Waals surface area contributed by atoms with Crippen LogP contribution in [-0.4, -0.2) is 12.6 Å². The second kappa shape index (κ2) is 4.25. The molecule has 2 aliphatic rings. The molecule has 2 fully saturated rings. The molecule has 3 rings (SSSR count). The molecule has 2 N–H and O–H groups in total. The van der Waals surface area contributed by atoms with Gasteiger partial charge in [0, 0.05) is 24.0 Å². The zero-order chi connectivity index (χ0) is 11.8. The van der Waals surface area contributed by atoms with E-state index in [0.29, 0.717) is 0 Å². The highest BCUT2D eigenvalue weighted by Gasteiger charge is 2.34. The van der Waals surface area contributed by atoms with Gasteiger partial charge in [0.2, 0.25) is 0 Å². The van der Waals surface area contributed by atoms with Crippen LogP contribution < -0.4 is 10.6 Å². The molecule has 1 saturated carbocycles. The first-order valence-electron chi connectivity index (χ1n) is 6.88. The highest BCUT2D eigenvalue weighted by Crippen LogP contribution is 2.39. The number of hydrogen-bond acceptors (Lipinski definition) is 2. The number of benzene rings is 1. The Morgan fingerprint density at radius 3 is 2.82 bits per heavy atom. The number of rotatable bonds is 1. The summed E-state index contributed by atoms with van der Waals surface area (Å²) in [7, 11) is 0. The second-order valence-corrected chi connectivity index (χ2v) is 5.63. The Balaban J connectivity index is 1.89. The summed E-state index contributed by atoms with van der Waals surface area (Å²) in [6.45, 7) is 3.29. The van der Waals surface area contributed by atoms with Crippen molar-refractivity contribution in [1.29, 1.82) is 0 Å². The summed E-state index contributed by atoms with van der Waals surface area (Å²) in [5.74, 6) is 0.936. The van der Waals surface area contributed by atoms with E-state index in [1.807, 2.05) is 0 Å². The molecule has 2 unspecified atom stereocenters. The summed E-state index contributed by atoms with van der Waals surface area (Å²) >= 11 is 0. The Bertz CT molecular complexity index is 413. The highest BCUT2D eigenvalue weighted by atomic mass is 15.2. The first-order chi connectivity index (χ1) is 8.25. The lowest BCUT2D eigenvalue weighted by molar-refractivity contribution is 0.362. The summed E-state index contributed by atoms with van der Waals surface area (Å²) in [6.07, 6.45) is 6.99. The molecule has 1 aromatic carbocycles. The number of nitrogens with two attached hydrogens (primary N) is 1. The van der Waals surface area contributed by atoms with E-state index in [1.54, 1.807) is 0 Å². The van der Waals surface area contributed by atoms with Crippen molar-refractivity contribution in [3.05, 3.63) is 23.8 Å². The van der Waals surface area contributed by atoms with E-state index in [1.165, 1.54) is 49.9 Å². The number of aryl methyl sites for hydroxylation is 1. The van der Waals surface area contributed by atoms with Crippen molar-refractivity contribution < 1.29 is 0 Å². The summed E-state index contributed by atoms with van der Waals surface area (Å²) in [6, 6.07) is 7.34. The van der Waals surface area contributed by atoms with E-state index in [-0.39, 0.29) is 0 Å². The van der Waals surface area contributed by atoms with Gasteiger partial charge in [-0.1, -0.05) is 12.5 Å². The largest absolute Gasteiger partial charge is 0.398 e. The van der Waals surface area contributed by atoms with Crippen LogP contribution in [0.1, 0.15) is 37.7 Å². The first kappa shape index (κ1) is 10.9. The van der Waals surface area contributed by atoms with E-state index < -0.39 is 0 Å². The lowest BCUT2D eigenvalue weighted by atomic mass is 9.91. The van der Waals surface area contributed by atoms with Crippen LogP contribution >= 0.6 is 0 Å². The summed E-state index contributed by atoms with van der Waals surface area (Å²) in [5, 5.41) is 0. The maximum absolute atomic E-state index is 6.04. The van der Waals surface area contributed by atoms with Gasteiger partial charge in [0.25, 0.3) is 0 Å². The van der Waals surface area contributed by atoms with E-state index in [9.17, 15) is 0 Å². The van der Waals surface area contributed by atoms with Crippen molar-refractivity contribution in [2.24, 2.45) is 5.92 Å². The minimum absolute atomic E-state index is 0.783. The van der Waals surface area contributed by atoms with Gasteiger partial charge in [-0.2, -0.15) is 0 Å². The van der Waals surface area contributed by atoms with Crippen LogP contribution in [-0.2, 0) is 0 Å². The first-order valence-corrected chi connectivity index (χ1v) is 6.88. The van der Waals surface area contributed by atoms with Crippen molar-refractivity contribution in [2.75, 3.05) is 17.2 Å². The normalized spacial score (nSPS) is 28.2. The molecule has 0 amide bonds. The van der Waals surface area contributed by atoms with Gasteiger partial charge in [0.15, 0.2) is 0 Å². The third-order valence-corrected chi connectivity index (χ3v) is 4.59. The number of anilines is 2. The third kappa shape index (κ3) is 1.90. The molecule has 2 atom stereocenters. The number of nitrogens with zero attached hydrogens (tertiary/aromatic N) is 1. The fraction of sp³-hybridized carbons (Fsp3) is 0.600. The van der Waals surface area contributed by atoms with Gasteiger partial charge in [-0.25, -0.2) is 0 Å². The fourth-order valence-corrected chi connectivity index (χ4v) is 3.58. The van der Waals surface area contributed by atoms with Gasteiger partial charge in [-0.15, -0.1) is 0 Å². The minimum Gasteiger partial charge on any atom is -0.398 e. The lowest BCUT2D eigenvalue weighted by Crippen LogP contribution is -2.42. The highest BCUT2D eigenvalue weighted by molar-refractivity contribution is 5.60. The molecule has 0 bridgehead atoms. The number of fused-ring (bicyclic) bond motifs is 1. The van der Waals surface area contributed by atoms with E-state index in [2.05, 4.69) is 30.0 Å². The molecule has 2 heteroatoms. The van der Waals surface area contributed by atoms with Crippen molar-refractivity contribution in [2.45, 2.75) is 45.1 Å². The van der Waals surface area contributed by atoms with Gasteiger partial charge in [-0.3, -0.25) is 0 Å². The quantitative estimate of drug-likeness (QED) is 0.750. The smallest absolute Gasteiger partial charge is 0.0389 e. The molecule has 1 saturated heterocycles. The molecule has 92 valence electrons. The van der Waals surface area contributed by atoms with Crippen LogP contribution in [0.15, 0.2) is 18.2 Å². The van der Waals surface area contributed by atoms with Crippen LogP contribution in [0.3, 0.4) is 0 Å². The maximum atomic E-state index is 6.04. The van der Waals surface area contributed by atoms with E-state index in [0.717, 1.165) is 17.6 Å². The molecule has 1 aliphatic carbocycles. The van der Waals surface area contributed by atoms with Crippen LogP contribution in [0.25, 0.3) is 0 Å². The summed E-state index contributed by atoms with van der Waals surface area (Å²) < 4.78 is 0. The molecule has 0 aromatic heterocycles. The molecular weight excluding hydrogens is 208 g/mol. The predicted molar refractivity (Wildman–Crippen MR) is 73.3 cm³/mol. The van der Waals surface area contributed by atoms with Crippen LogP contribution in [0.4, 0.5) is 11.4 Å². The predicted octanol–water partition coefficient (Wildman–Crippen LogP) is 3.35. The van der Waals surface area contributed by atoms with Crippen molar-refractivity contribution in [3.63, 3.8) is 0 Å². The van der Waals surface area contributed by atoms with Crippen molar-refractivity contribution >= 4 is 11.4 Å². The minimum atomic E-state index is 0.783. The number of hydrogen-bond donors (Lipinski definition) is 1. The van der Waals surface area contributed by atoms with Crippen LogP contribution in [0.5, 0.6) is 0 Å². The second-order valence-electron chi connectivity index (χ2n) is 5.63. The van der Waals surface area contributed by atoms with Crippen LogP contribution in [0, 0.1) is 12.8 Å². The van der Waals surface area contributed by atoms with Gasteiger partial charge in [0.05, 0.1) is 0 Å². The van der Waals surface area contributed by atoms with Gasteiger partial charge < -0.3 is 10.6 Å². The molecule has 17 heavy (non-hydrogen) atoms. The average molecular weight is 230 g/mol. The molecule has 1 aromatic rings. The Morgan fingerprint density at radius 2 is 2.00 bits per heavy atom. The number of nitrogen functional groups attached to an aromatic ring is 1. The molecule has 1 aliphatic heterocycles. The molecular formula is C15H22N2. The Kier molecular flexibility index (Phi) is 2.73. The summed E-state index contributed by atoms with van der Waals surface area (Å²) in [5.41, 5.74) is 9.50.